The number of urea groups is 1. The molecular weight excluding hydrogens is 380 g/mol. The van der Waals surface area contributed by atoms with Crippen LogP contribution < -0.4 is 5.32 Å². The lowest BCUT2D eigenvalue weighted by Crippen LogP contribution is -2.50. The number of carbonyl (C=O) groups excluding carboxylic acids is 3. The van der Waals surface area contributed by atoms with E-state index in [2.05, 4.69) is 5.32 Å². The molecule has 1 atom stereocenters. The average Bonchev–Trinajstić information content (AvgIpc) is 3.53. The van der Waals surface area contributed by atoms with Crippen molar-refractivity contribution < 1.29 is 23.9 Å². The lowest BCUT2D eigenvalue weighted by Gasteiger charge is -2.36. The minimum Gasteiger partial charge on any atom is -0.466 e. The van der Waals surface area contributed by atoms with Crippen LogP contribution in [0.1, 0.15) is 31.4 Å². The molecule has 2 amide bonds. The van der Waals surface area contributed by atoms with Crippen molar-refractivity contribution in [2.24, 2.45) is 0 Å². The van der Waals surface area contributed by atoms with E-state index in [9.17, 15) is 14.4 Å². The summed E-state index contributed by atoms with van der Waals surface area (Å²) in [6.07, 6.45) is 1.79. The average molecular weight is 404 g/mol. The summed E-state index contributed by atoms with van der Waals surface area (Å²) in [6.45, 7) is 2.08. The van der Waals surface area contributed by atoms with E-state index in [1.54, 1.807) is 11.8 Å². The van der Waals surface area contributed by atoms with E-state index in [1.165, 1.54) is 18.9 Å². The molecule has 0 spiro atoms. The highest BCUT2D eigenvalue weighted by Crippen LogP contribution is 2.39. The molecule has 1 saturated carbocycles. The van der Waals surface area contributed by atoms with Gasteiger partial charge in [0.25, 0.3) is 0 Å². The Morgan fingerprint density at radius 3 is 2.57 bits per heavy atom. The molecule has 28 heavy (non-hydrogen) atoms. The van der Waals surface area contributed by atoms with E-state index in [4.69, 9.17) is 9.47 Å². The van der Waals surface area contributed by atoms with Crippen LogP contribution in [0.3, 0.4) is 0 Å². The predicted octanol–water partition coefficient (Wildman–Crippen LogP) is 2.64. The molecule has 0 saturated heterocycles. The number of nitrogens with one attached hydrogen (secondary N) is 1. The molecule has 0 unspecified atom stereocenters. The van der Waals surface area contributed by atoms with Crippen molar-refractivity contribution in [2.75, 3.05) is 25.2 Å². The summed E-state index contributed by atoms with van der Waals surface area (Å²) in [5, 5.41) is 2.95. The molecule has 1 N–H and O–H groups in total. The lowest BCUT2D eigenvalue weighted by atomic mass is 9.95. The van der Waals surface area contributed by atoms with Crippen LogP contribution >= 0.6 is 11.8 Å². The first-order chi connectivity index (χ1) is 13.6. The first kappa shape index (κ1) is 20.3. The Balaban J connectivity index is 1.95. The van der Waals surface area contributed by atoms with Crippen molar-refractivity contribution in [2.45, 2.75) is 31.8 Å². The van der Waals surface area contributed by atoms with Crippen molar-refractivity contribution in [1.29, 1.82) is 0 Å². The van der Waals surface area contributed by atoms with Crippen LogP contribution in [-0.2, 0) is 19.1 Å². The summed E-state index contributed by atoms with van der Waals surface area (Å²) in [4.78, 5) is 38.9. The fraction of sp³-hybridized carbons (Fsp3) is 0.450. The minimum absolute atomic E-state index is 0.0783. The summed E-state index contributed by atoms with van der Waals surface area (Å²) < 4.78 is 10.0. The van der Waals surface area contributed by atoms with E-state index < -0.39 is 12.0 Å². The number of amides is 2. The lowest BCUT2D eigenvalue weighted by molar-refractivity contribution is -0.140. The zero-order valence-corrected chi connectivity index (χ0v) is 16.8. The van der Waals surface area contributed by atoms with Crippen LogP contribution in [0.25, 0.3) is 0 Å². The maximum Gasteiger partial charge on any atom is 0.338 e. The molecule has 1 aliphatic carbocycles. The molecule has 1 aromatic carbocycles. The largest absolute Gasteiger partial charge is 0.466 e. The summed E-state index contributed by atoms with van der Waals surface area (Å²) in [6, 6.07) is 8.59. The number of ether oxygens (including phenoxy) is 2. The monoisotopic (exact) mass is 404 g/mol. The number of hydrogen-bond donors (Lipinski definition) is 1. The molecule has 1 aliphatic heterocycles. The van der Waals surface area contributed by atoms with Crippen LogP contribution in [0, 0.1) is 0 Å². The fourth-order valence-corrected chi connectivity index (χ4v) is 4.07. The van der Waals surface area contributed by atoms with Gasteiger partial charge in [0, 0.05) is 17.5 Å². The van der Waals surface area contributed by atoms with E-state index in [1.807, 2.05) is 30.3 Å². The van der Waals surface area contributed by atoms with Crippen LogP contribution in [0.2, 0.25) is 0 Å². The van der Waals surface area contributed by atoms with E-state index in [0.717, 1.165) is 18.4 Å². The molecular formula is C20H24N2O5S. The maximum absolute atomic E-state index is 12.9. The molecule has 7 nitrogen and oxygen atoms in total. The van der Waals surface area contributed by atoms with Crippen LogP contribution in [0.15, 0.2) is 41.6 Å². The Bertz CT molecular complexity index is 776. The smallest absolute Gasteiger partial charge is 0.338 e. The zero-order chi connectivity index (χ0) is 20.1. The Morgan fingerprint density at radius 2 is 1.96 bits per heavy atom. The van der Waals surface area contributed by atoms with E-state index >= 15 is 0 Å². The summed E-state index contributed by atoms with van der Waals surface area (Å²) in [5.41, 5.74) is 1.83. The quantitative estimate of drug-likeness (QED) is 0.671. The van der Waals surface area contributed by atoms with Gasteiger partial charge in [0.2, 0.25) is 0 Å². The number of thioether (sulfide) groups is 1. The summed E-state index contributed by atoms with van der Waals surface area (Å²) >= 11 is 1.33. The van der Waals surface area contributed by atoms with Gasteiger partial charge in [-0.25, -0.2) is 9.59 Å². The van der Waals surface area contributed by atoms with Gasteiger partial charge in [-0.1, -0.05) is 30.3 Å². The number of esters is 2. The molecule has 0 aromatic heterocycles. The van der Waals surface area contributed by atoms with Gasteiger partial charge in [-0.2, -0.15) is 0 Å². The molecule has 0 radical (unpaired) electrons. The summed E-state index contributed by atoms with van der Waals surface area (Å²) in [5.74, 6) is -0.296. The minimum atomic E-state index is -0.589. The van der Waals surface area contributed by atoms with Gasteiger partial charge in [-0.05, 0) is 25.3 Å². The van der Waals surface area contributed by atoms with Crippen molar-refractivity contribution in [3.63, 3.8) is 0 Å². The van der Waals surface area contributed by atoms with Crippen LogP contribution in [0.5, 0.6) is 0 Å². The normalized spacial score (nSPS) is 19.3. The van der Waals surface area contributed by atoms with Gasteiger partial charge in [0.15, 0.2) is 0 Å². The molecule has 2 aliphatic rings. The van der Waals surface area contributed by atoms with Gasteiger partial charge in [0.05, 0.1) is 31.1 Å². The van der Waals surface area contributed by atoms with Gasteiger partial charge in [0.1, 0.15) is 0 Å². The topological polar surface area (TPSA) is 84.9 Å². The highest BCUT2D eigenvalue weighted by molar-refractivity contribution is 8.00. The Kier molecular flexibility index (Phi) is 6.61. The highest BCUT2D eigenvalue weighted by Gasteiger charge is 2.43. The molecule has 150 valence electrons. The molecule has 1 heterocycles. The Morgan fingerprint density at radius 1 is 1.25 bits per heavy atom. The second kappa shape index (κ2) is 9.14. The number of nitrogens with zero attached hydrogens (tertiary/aromatic N) is 1. The molecule has 0 bridgehead atoms. The second-order valence-corrected chi connectivity index (χ2v) is 7.53. The molecule has 1 fully saturated rings. The number of carbonyl (C=O) groups is 3. The molecule has 8 heteroatoms. The Labute approximate surface area is 168 Å². The first-order valence-corrected chi connectivity index (χ1v) is 10.4. The molecule has 1 aromatic rings. The third-order valence-corrected chi connectivity index (χ3v) is 5.51. The van der Waals surface area contributed by atoms with Gasteiger partial charge in [-0.3, -0.25) is 9.69 Å². The SMILES string of the molecule is CCOC(=O)CSCC1=C(C(=O)OC)[C@H](c2ccccc2)NC(=O)N1C1CC1. The number of methoxy groups -OCH3 is 1. The van der Waals surface area contributed by atoms with Crippen molar-refractivity contribution in [3.8, 4) is 0 Å². The third-order valence-electron chi connectivity index (χ3n) is 4.59. The number of benzene rings is 1. The van der Waals surface area contributed by atoms with Gasteiger partial charge < -0.3 is 14.8 Å². The Hall–Kier alpha value is -2.48. The van der Waals surface area contributed by atoms with Gasteiger partial charge in [-0.15, -0.1) is 11.8 Å². The van der Waals surface area contributed by atoms with Crippen LogP contribution in [0.4, 0.5) is 4.79 Å². The van der Waals surface area contributed by atoms with E-state index in [-0.39, 0.29) is 23.8 Å². The number of hydrogen-bond acceptors (Lipinski definition) is 6. The second-order valence-electron chi connectivity index (χ2n) is 6.54. The number of rotatable bonds is 8. The fourth-order valence-electron chi connectivity index (χ4n) is 3.23. The first-order valence-electron chi connectivity index (χ1n) is 9.26. The van der Waals surface area contributed by atoms with Crippen molar-refractivity contribution in [3.05, 3.63) is 47.2 Å². The summed E-state index contributed by atoms with van der Waals surface area (Å²) in [7, 11) is 1.33. The maximum atomic E-state index is 12.9. The van der Waals surface area contributed by atoms with Crippen LogP contribution in [-0.4, -0.2) is 54.1 Å². The third kappa shape index (κ3) is 4.49. The predicted molar refractivity (Wildman–Crippen MR) is 106 cm³/mol. The highest BCUT2D eigenvalue weighted by atomic mass is 32.2. The van der Waals surface area contributed by atoms with Gasteiger partial charge >= 0.3 is 18.0 Å². The van der Waals surface area contributed by atoms with Crippen molar-refractivity contribution in [1.82, 2.24) is 10.2 Å². The molecule has 3 rings (SSSR count). The zero-order valence-electron chi connectivity index (χ0n) is 16.0. The van der Waals surface area contributed by atoms with Crippen molar-refractivity contribution >= 4 is 29.7 Å². The van der Waals surface area contributed by atoms with E-state index in [0.29, 0.717) is 23.6 Å². The standard InChI is InChI=1S/C20H24N2O5S/c1-3-27-16(23)12-28-11-15-17(19(24)26-2)18(13-7-5-4-6-8-13)21-20(25)22(15)14-9-10-14/h4-8,14,18H,3,9-12H2,1-2H3,(H,21,25)/t18-/m0/s1.